The van der Waals surface area contributed by atoms with Crippen molar-refractivity contribution in [2.75, 3.05) is 26.9 Å². The predicted octanol–water partition coefficient (Wildman–Crippen LogP) is -0.646. The zero-order valence-electron chi connectivity index (χ0n) is 8.07. The maximum absolute atomic E-state index is 9.12. The molecule has 2 unspecified atom stereocenters. The van der Waals surface area contributed by atoms with E-state index in [4.69, 9.17) is 14.9 Å². The minimum atomic E-state index is -0.655. The molecular formula is C9H19NO3. The van der Waals surface area contributed by atoms with Crippen molar-refractivity contribution in [1.29, 1.82) is 0 Å². The topological polar surface area (TPSA) is 61.7 Å². The van der Waals surface area contributed by atoms with Gasteiger partial charge in [0.1, 0.15) is 0 Å². The van der Waals surface area contributed by atoms with Gasteiger partial charge in [-0.25, -0.2) is 0 Å². The average Bonchev–Trinajstić information content (AvgIpc) is 2.94. The van der Waals surface area contributed by atoms with Crippen LogP contribution in [-0.2, 0) is 4.74 Å². The molecule has 1 saturated carbocycles. The quantitative estimate of drug-likeness (QED) is 0.498. The smallest absolute Gasteiger partial charge is 0.0895 e. The molecule has 13 heavy (non-hydrogen) atoms. The summed E-state index contributed by atoms with van der Waals surface area (Å²) < 4.78 is 5.06. The van der Waals surface area contributed by atoms with Crippen LogP contribution in [0.1, 0.15) is 12.8 Å². The van der Waals surface area contributed by atoms with E-state index in [1.54, 1.807) is 7.11 Å². The van der Waals surface area contributed by atoms with Crippen LogP contribution < -0.4 is 5.32 Å². The molecule has 0 saturated heterocycles. The van der Waals surface area contributed by atoms with Crippen LogP contribution in [0.5, 0.6) is 0 Å². The number of aliphatic hydroxyl groups excluding tert-OH is 2. The zero-order chi connectivity index (χ0) is 9.68. The average molecular weight is 189 g/mol. The standard InChI is InChI=1S/C9H19NO3/c1-13-6-9(7-2-3-7)10-4-8(12)5-11/h7-12H,2-6H2,1H3. The van der Waals surface area contributed by atoms with Gasteiger partial charge in [0.05, 0.1) is 19.3 Å². The number of methoxy groups -OCH3 is 1. The molecule has 0 heterocycles. The zero-order valence-corrected chi connectivity index (χ0v) is 8.07. The molecule has 0 aliphatic heterocycles. The number of ether oxygens (including phenoxy) is 1. The molecule has 1 aliphatic rings. The Morgan fingerprint density at radius 1 is 1.54 bits per heavy atom. The third kappa shape index (κ3) is 4.04. The van der Waals surface area contributed by atoms with Crippen LogP contribution in [-0.4, -0.2) is 49.2 Å². The lowest BCUT2D eigenvalue weighted by atomic mass is 10.2. The van der Waals surface area contributed by atoms with Crippen molar-refractivity contribution >= 4 is 0 Å². The van der Waals surface area contributed by atoms with Gasteiger partial charge in [0.15, 0.2) is 0 Å². The van der Waals surface area contributed by atoms with E-state index in [0.717, 1.165) is 0 Å². The first-order valence-electron chi connectivity index (χ1n) is 4.79. The van der Waals surface area contributed by atoms with Crippen molar-refractivity contribution < 1.29 is 14.9 Å². The number of nitrogens with one attached hydrogen (secondary N) is 1. The summed E-state index contributed by atoms with van der Waals surface area (Å²) in [5, 5.41) is 20.9. The summed E-state index contributed by atoms with van der Waals surface area (Å²) in [7, 11) is 1.68. The van der Waals surface area contributed by atoms with Gasteiger partial charge in [-0.3, -0.25) is 0 Å². The summed E-state index contributed by atoms with van der Waals surface area (Å²) in [6.07, 6.45) is 1.84. The number of hydrogen-bond acceptors (Lipinski definition) is 4. The maximum Gasteiger partial charge on any atom is 0.0895 e. The van der Waals surface area contributed by atoms with Gasteiger partial charge in [-0.2, -0.15) is 0 Å². The fraction of sp³-hybridized carbons (Fsp3) is 1.00. The molecule has 1 rings (SSSR count). The number of rotatable bonds is 7. The number of hydrogen-bond donors (Lipinski definition) is 3. The van der Waals surface area contributed by atoms with Crippen LogP contribution in [0.25, 0.3) is 0 Å². The second kappa shape index (κ2) is 5.54. The molecule has 1 fully saturated rings. The molecule has 4 nitrogen and oxygen atoms in total. The minimum absolute atomic E-state index is 0.183. The monoisotopic (exact) mass is 189 g/mol. The van der Waals surface area contributed by atoms with E-state index in [9.17, 15) is 0 Å². The Kier molecular flexibility index (Phi) is 4.66. The Balaban J connectivity index is 2.14. The highest BCUT2D eigenvalue weighted by atomic mass is 16.5. The Morgan fingerprint density at radius 3 is 2.69 bits per heavy atom. The SMILES string of the molecule is COCC(NCC(O)CO)C1CC1. The summed E-state index contributed by atoms with van der Waals surface area (Å²) in [4.78, 5) is 0. The van der Waals surface area contributed by atoms with Crippen molar-refractivity contribution in [1.82, 2.24) is 5.32 Å². The van der Waals surface area contributed by atoms with Crippen molar-refractivity contribution in [3.8, 4) is 0 Å². The van der Waals surface area contributed by atoms with Gasteiger partial charge in [-0.05, 0) is 18.8 Å². The molecule has 0 aromatic rings. The van der Waals surface area contributed by atoms with Gasteiger partial charge in [-0.1, -0.05) is 0 Å². The first-order chi connectivity index (χ1) is 6.27. The Labute approximate surface area is 78.9 Å². The van der Waals surface area contributed by atoms with Gasteiger partial charge in [0, 0.05) is 19.7 Å². The fourth-order valence-electron chi connectivity index (χ4n) is 1.39. The largest absolute Gasteiger partial charge is 0.394 e. The van der Waals surface area contributed by atoms with Crippen LogP contribution in [0.4, 0.5) is 0 Å². The van der Waals surface area contributed by atoms with Crippen LogP contribution in [0.3, 0.4) is 0 Å². The molecule has 0 spiro atoms. The number of aliphatic hydroxyl groups is 2. The van der Waals surface area contributed by atoms with Crippen LogP contribution >= 0.6 is 0 Å². The minimum Gasteiger partial charge on any atom is -0.394 e. The second-order valence-electron chi connectivity index (χ2n) is 3.64. The summed E-state index contributed by atoms with van der Waals surface area (Å²) in [6.45, 7) is 0.946. The fourth-order valence-corrected chi connectivity index (χ4v) is 1.39. The molecule has 1 aliphatic carbocycles. The molecule has 2 atom stereocenters. The Hall–Kier alpha value is -0.160. The molecular weight excluding hydrogens is 170 g/mol. The molecule has 78 valence electrons. The van der Waals surface area contributed by atoms with E-state index >= 15 is 0 Å². The van der Waals surface area contributed by atoms with Crippen molar-refractivity contribution in [2.24, 2.45) is 5.92 Å². The lowest BCUT2D eigenvalue weighted by molar-refractivity contribution is 0.0837. The molecule has 0 bridgehead atoms. The molecule has 0 radical (unpaired) electrons. The molecule has 4 heteroatoms. The maximum atomic E-state index is 9.12. The third-order valence-corrected chi connectivity index (χ3v) is 2.36. The summed E-state index contributed by atoms with van der Waals surface area (Å²) in [5.41, 5.74) is 0. The van der Waals surface area contributed by atoms with E-state index < -0.39 is 6.10 Å². The van der Waals surface area contributed by atoms with Gasteiger partial charge in [0.25, 0.3) is 0 Å². The van der Waals surface area contributed by atoms with Gasteiger partial charge in [-0.15, -0.1) is 0 Å². The molecule has 0 amide bonds. The third-order valence-electron chi connectivity index (χ3n) is 2.36. The van der Waals surface area contributed by atoms with E-state index in [-0.39, 0.29) is 6.61 Å². The first-order valence-corrected chi connectivity index (χ1v) is 4.79. The molecule has 3 N–H and O–H groups in total. The van der Waals surface area contributed by atoms with Crippen LogP contribution in [0, 0.1) is 5.92 Å². The van der Waals surface area contributed by atoms with E-state index in [1.807, 2.05) is 0 Å². The predicted molar refractivity (Wildman–Crippen MR) is 49.5 cm³/mol. The van der Waals surface area contributed by atoms with Crippen LogP contribution in [0.15, 0.2) is 0 Å². The van der Waals surface area contributed by atoms with E-state index in [1.165, 1.54) is 12.8 Å². The normalized spacial score (nSPS) is 21.5. The lowest BCUT2D eigenvalue weighted by Gasteiger charge is -2.18. The first kappa shape index (κ1) is 10.9. The summed E-state index contributed by atoms with van der Waals surface area (Å²) in [5.74, 6) is 0.700. The highest BCUT2D eigenvalue weighted by molar-refractivity contribution is 4.86. The van der Waals surface area contributed by atoms with E-state index in [2.05, 4.69) is 5.32 Å². The van der Waals surface area contributed by atoms with Gasteiger partial charge in [0.2, 0.25) is 0 Å². The van der Waals surface area contributed by atoms with Gasteiger partial charge >= 0.3 is 0 Å². The Morgan fingerprint density at radius 2 is 2.23 bits per heavy atom. The second-order valence-corrected chi connectivity index (χ2v) is 3.64. The lowest BCUT2D eigenvalue weighted by Crippen LogP contribution is -2.40. The van der Waals surface area contributed by atoms with Crippen molar-refractivity contribution in [3.63, 3.8) is 0 Å². The van der Waals surface area contributed by atoms with Crippen LogP contribution in [0.2, 0.25) is 0 Å². The highest BCUT2D eigenvalue weighted by Crippen LogP contribution is 2.32. The summed E-state index contributed by atoms with van der Waals surface area (Å²) in [6, 6.07) is 0.339. The highest BCUT2D eigenvalue weighted by Gasteiger charge is 2.30. The molecule has 0 aromatic carbocycles. The van der Waals surface area contributed by atoms with Gasteiger partial charge < -0.3 is 20.3 Å². The summed E-state index contributed by atoms with van der Waals surface area (Å²) >= 11 is 0. The molecule has 0 aromatic heterocycles. The Bertz CT molecular complexity index is 139. The van der Waals surface area contributed by atoms with Crippen molar-refractivity contribution in [3.05, 3.63) is 0 Å². The van der Waals surface area contributed by atoms with Crippen molar-refractivity contribution in [2.45, 2.75) is 25.0 Å². The van der Waals surface area contributed by atoms with E-state index in [0.29, 0.717) is 25.1 Å².